The predicted octanol–water partition coefficient (Wildman–Crippen LogP) is 3.63. The van der Waals surface area contributed by atoms with E-state index in [0.29, 0.717) is 16.0 Å². The zero-order valence-electron chi connectivity index (χ0n) is 13.0. The molecule has 24 heavy (non-hydrogen) atoms. The van der Waals surface area contributed by atoms with Crippen LogP contribution in [0.25, 0.3) is 11.4 Å². The molecule has 3 heterocycles. The fourth-order valence-corrected chi connectivity index (χ4v) is 3.52. The Morgan fingerprint density at radius 1 is 1.42 bits per heavy atom. The molecule has 0 bridgehead atoms. The van der Waals surface area contributed by atoms with Crippen molar-refractivity contribution in [2.45, 2.75) is 12.1 Å². The molecule has 0 fully saturated rings. The molecule has 0 unspecified atom stereocenters. The zero-order valence-corrected chi connectivity index (χ0v) is 15.4. The van der Waals surface area contributed by atoms with E-state index in [9.17, 15) is 4.79 Å². The highest BCUT2D eigenvalue weighted by atomic mass is 35.5. The molecule has 124 valence electrons. The van der Waals surface area contributed by atoms with Gasteiger partial charge < -0.3 is 9.88 Å². The molecule has 3 aromatic heterocycles. The Balaban J connectivity index is 1.61. The highest BCUT2D eigenvalue weighted by molar-refractivity contribution is 7.99. The number of amides is 1. The van der Waals surface area contributed by atoms with E-state index in [1.807, 2.05) is 17.0 Å². The van der Waals surface area contributed by atoms with E-state index in [4.69, 9.17) is 11.6 Å². The first-order valence-corrected chi connectivity index (χ1v) is 9.26. The smallest absolute Gasteiger partial charge is 0.236 e. The Bertz CT molecular complexity index is 859. The van der Waals surface area contributed by atoms with E-state index in [1.165, 1.54) is 22.8 Å². The van der Waals surface area contributed by atoms with Gasteiger partial charge in [0.15, 0.2) is 11.0 Å². The van der Waals surface area contributed by atoms with E-state index in [0.717, 1.165) is 11.4 Å². The highest BCUT2D eigenvalue weighted by Gasteiger charge is 2.14. The quantitative estimate of drug-likeness (QED) is 0.685. The van der Waals surface area contributed by atoms with E-state index in [-0.39, 0.29) is 11.7 Å². The van der Waals surface area contributed by atoms with Crippen molar-refractivity contribution in [3.63, 3.8) is 0 Å². The number of hydrogen-bond acceptors (Lipinski definition) is 6. The van der Waals surface area contributed by atoms with Crippen LogP contribution in [0.3, 0.4) is 0 Å². The molecule has 1 amide bonds. The number of anilines is 1. The lowest BCUT2D eigenvalue weighted by Crippen LogP contribution is -2.15. The van der Waals surface area contributed by atoms with Gasteiger partial charge >= 0.3 is 0 Å². The lowest BCUT2D eigenvalue weighted by Gasteiger charge is -2.04. The number of nitrogens with one attached hydrogen (secondary N) is 1. The topological polar surface area (TPSA) is 72.7 Å². The second kappa shape index (κ2) is 7.33. The fraction of sp³-hybridized carbons (Fsp3) is 0.200. The van der Waals surface area contributed by atoms with Crippen molar-refractivity contribution in [3.8, 4) is 11.4 Å². The fourth-order valence-electron chi connectivity index (χ4n) is 2.01. The van der Waals surface area contributed by atoms with Crippen molar-refractivity contribution in [1.82, 2.24) is 19.7 Å². The molecule has 1 N–H and O–H groups in total. The molecule has 0 saturated heterocycles. The van der Waals surface area contributed by atoms with Crippen molar-refractivity contribution in [2.75, 3.05) is 11.1 Å². The molecule has 3 rings (SSSR count). The third-order valence-electron chi connectivity index (χ3n) is 3.15. The predicted molar refractivity (Wildman–Crippen MR) is 97.7 cm³/mol. The summed E-state index contributed by atoms with van der Waals surface area (Å²) in [6, 6.07) is 5.40. The number of thioether (sulfide) groups is 1. The molecule has 6 nitrogen and oxygen atoms in total. The summed E-state index contributed by atoms with van der Waals surface area (Å²) in [5.41, 5.74) is 1.04. The molecule has 0 aliphatic rings. The Hall–Kier alpha value is -1.90. The lowest BCUT2D eigenvalue weighted by molar-refractivity contribution is -0.113. The van der Waals surface area contributed by atoms with Gasteiger partial charge in [0.1, 0.15) is 5.82 Å². The summed E-state index contributed by atoms with van der Waals surface area (Å²) in [6.45, 7) is 2.05. The first-order chi connectivity index (χ1) is 11.5. The van der Waals surface area contributed by atoms with Gasteiger partial charge in [0, 0.05) is 29.1 Å². The van der Waals surface area contributed by atoms with Crippen LogP contribution in [-0.4, -0.2) is 31.4 Å². The number of nitrogens with zero attached hydrogens (tertiary/aromatic N) is 4. The van der Waals surface area contributed by atoms with Crippen LogP contribution in [0.4, 0.5) is 5.82 Å². The van der Waals surface area contributed by atoms with E-state index in [2.05, 4.69) is 33.5 Å². The summed E-state index contributed by atoms with van der Waals surface area (Å²) in [7, 11) is 1.89. The van der Waals surface area contributed by atoms with E-state index in [1.54, 1.807) is 23.5 Å². The van der Waals surface area contributed by atoms with E-state index >= 15 is 0 Å². The normalized spacial score (nSPS) is 10.8. The number of aromatic nitrogens is 4. The van der Waals surface area contributed by atoms with Crippen molar-refractivity contribution < 1.29 is 4.79 Å². The Morgan fingerprint density at radius 3 is 2.92 bits per heavy atom. The van der Waals surface area contributed by atoms with E-state index < -0.39 is 0 Å². The van der Waals surface area contributed by atoms with Crippen LogP contribution in [-0.2, 0) is 11.8 Å². The molecule has 9 heteroatoms. The standard InChI is InChI=1S/C15H14ClN5OS2/c1-9-5-10(7-23-9)14-19-20-15(21(14)2)24-8-13(22)18-12-4-3-11(16)6-17-12/h3-7H,8H2,1-2H3,(H,17,18,22). The molecule has 0 aliphatic heterocycles. The number of halogens is 1. The zero-order chi connectivity index (χ0) is 17.1. The molecule has 3 aromatic rings. The maximum atomic E-state index is 12.0. The minimum atomic E-state index is -0.161. The Labute approximate surface area is 152 Å². The van der Waals surface area contributed by atoms with Gasteiger partial charge in [-0.15, -0.1) is 21.5 Å². The molecule has 0 saturated carbocycles. The Kier molecular flexibility index (Phi) is 5.17. The minimum absolute atomic E-state index is 0.161. The van der Waals surface area contributed by atoms with Crippen LogP contribution in [0, 0.1) is 6.92 Å². The number of hydrogen-bond donors (Lipinski definition) is 1. The summed E-state index contributed by atoms with van der Waals surface area (Å²) in [6.07, 6.45) is 1.49. The van der Waals surface area contributed by atoms with Gasteiger partial charge in [-0.3, -0.25) is 4.79 Å². The molecular weight excluding hydrogens is 366 g/mol. The minimum Gasteiger partial charge on any atom is -0.310 e. The lowest BCUT2D eigenvalue weighted by atomic mass is 10.3. The second-order valence-corrected chi connectivity index (χ2v) is 7.50. The molecule has 0 aliphatic carbocycles. The van der Waals surface area contributed by atoms with Gasteiger partial charge in [-0.1, -0.05) is 23.4 Å². The van der Waals surface area contributed by atoms with Crippen LogP contribution >= 0.6 is 34.7 Å². The third-order valence-corrected chi connectivity index (χ3v) is 5.26. The van der Waals surface area contributed by atoms with Crippen LogP contribution < -0.4 is 5.32 Å². The number of rotatable bonds is 5. The van der Waals surface area contributed by atoms with Crippen molar-refractivity contribution in [1.29, 1.82) is 0 Å². The molecular formula is C15H14ClN5OS2. The molecule has 0 aromatic carbocycles. The maximum Gasteiger partial charge on any atom is 0.236 e. The highest BCUT2D eigenvalue weighted by Crippen LogP contribution is 2.26. The van der Waals surface area contributed by atoms with Gasteiger partial charge in [0.25, 0.3) is 0 Å². The molecule has 0 spiro atoms. The third kappa shape index (κ3) is 3.95. The van der Waals surface area contributed by atoms with Crippen LogP contribution in [0.2, 0.25) is 5.02 Å². The number of thiophene rings is 1. The average Bonchev–Trinajstić information content (AvgIpc) is 3.13. The second-order valence-electron chi connectivity index (χ2n) is 5.01. The van der Waals surface area contributed by atoms with Crippen molar-refractivity contribution >= 4 is 46.4 Å². The van der Waals surface area contributed by atoms with Gasteiger partial charge in [0.2, 0.25) is 5.91 Å². The van der Waals surface area contributed by atoms with Gasteiger partial charge in [0.05, 0.1) is 10.8 Å². The maximum absolute atomic E-state index is 12.0. The van der Waals surface area contributed by atoms with Crippen LogP contribution in [0.5, 0.6) is 0 Å². The SMILES string of the molecule is Cc1cc(-c2nnc(SCC(=O)Nc3ccc(Cl)cn3)n2C)cs1. The van der Waals surface area contributed by atoms with Gasteiger partial charge in [-0.05, 0) is 25.1 Å². The number of carbonyl (C=O) groups excluding carboxylic acids is 1. The summed E-state index contributed by atoms with van der Waals surface area (Å²) in [5.74, 6) is 1.32. The van der Waals surface area contributed by atoms with Gasteiger partial charge in [-0.2, -0.15) is 0 Å². The monoisotopic (exact) mass is 379 g/mol. The average molecular weight is 380 g/mol. The number of aryl methyl sites for hydroxylation is 1. The van der Waals surface area contributed by atoms with Gasteiger partial charge in [-0.25, -0.2) is 4.98 Å². The number of pyridine rings is 1. The van der Waals surface area contributed by atoms with Crippen molar-refractivity contribution in [3.05, 3.63) is 39.7 Å². The summed E-state index contributed by atoms with van der Waals surface area (Å²) >= 11 is 8.76. The Morgan fingerprint density at radius 2 is 2.25 bits per heavy atom. The summed E-state index contributed by atoms with van der Waals surface area (Å²) < 4.78 is 1.89. The first kappa shape index (κ1) is 16.9. The molecule has 0 atom stereocenters. The first-order valence-electron chi connectivity index (χ1n) is 7.02. The largest absolute Gasteiger partial charge is 0.310 e. The van der Waals surface area contributed by atoms with Crippen LogP contribution in [0.15, 0.2) is 34.9 Å². The molecule has 0 radical (unpaired) electrons. The number of carbonyl (C=O) groups is 1. The summed E-state index contributed by atoms with van der Waals surface area (Å²) in [4.78, 5) is 17.3. The van der Waals surface area contributed by atoms with Crippen molar-refractivity contribution in [2.24, 2.45) is 7.05 Å². The van der Waals surface area contributed by atoms with Crippen LogP contribution in [0.1, 0.15) is 4.88 Å². The summed E-state index contributed by atoms with van der Waals surface area (Å²) in [5, 5.41) is 14.3.